The van der Waals surface area contributed by atoms with Gasteiger partial charge in [-0.1, -0.05) is 13.8 Å². The van der Waals surface area contributed by atoms with Crippen LogP contribution in [0.2, 0.25) is 0 Å². The molecule has 1 amide bonds. The number of aliphatic hydroxyl groups excluding tert-OH is 1. The summed E-state index contributed by atoms with van der Waals surface area (Å²) >= 11 is 0. The van der Waals surface area contributed by atoms with Gasteiger partial charge in [-0.05, 0) is 19.8 Å². The molecule has 2 unspecified atom stereocenters. The van der Waals surface area contributed by atoms with E-state index < -0.39 is 6.10 Å². The van der Waals surface area contributed by atoms with Crippen molar-refractivity contribution in [2.45, 2.75) is 45.8 Å². The van der Waals surface area contributed by atoms with Crippen LogP contribution in [0, 0.1) is 0 Å². The van der Waals surface area contributed by atoms with Crippen molar-refractivity contribution in [2.24, 2.45) is 0 Å². The maximum absolute atomic E-state index is 11.2. The van der Waals surface area contributed by atoms with Gasteiger partial charge in [-0.2, -0.15) is 0 Å². The lowest BCUT2D eigenvalue weighted by Gasteiger charge is -2.12. The fraction of sp³-hybridized carbons (Fsp3) is 0.900. The number of rotatable bonds is 7. The Bertz CT molecular complexity index is 146. The van der Waals surface area contributed by atoms with Gasteiger partial charge in [0.15, 0.2) is 0 Å². The van der Waals surface area contributed by atoms with Gasteiger partial charge < -0.3 is 15.7 Å². The smallest absolute Gasteiger partial charge is 0.234 e. The fourth-order valence-electron chi connectivity index (χ4n) is 0.850. The van der Waals surface area contributed by atoms with Gasteiger partial charge in [0.05, 0.1) is 12.6 Å². The Labute approximate surface area is 86.1 Å². The van der Waals surface area contributed by atoms with Gasteiger partial charge in [0.25, 0.3) is 0 Å². The zero-order valence-corrected chi connectivity index (χ0v) is 9.34. The first-order valence-corrected chi connectivity index (χ1v) is 5.28. The Morgan fingerprint density at radius 1 is 1.36 bits per heavy atom. The largest absolute Gasteiger partial charge is 0.391 e. The molecule has 84 valence electrons. The van der Waals surface area contributed by atoms with E-state index in [0.717, 1.165) is 6.42 Å². The summed E-state index contributed by atoms with van der Waals surface area (Å²) in [4.78, 5) is 11.2. The summed E-state index contributed by atoms with van der Waals surface area (Å²) in [7, 11) is 0. The molecule has 0 bridgehead atoms. The third-order valence-electron chi connectivity index (χ3n) is 2.23. The highest BCUT2D eigenvalue weighted by Gasteiger charge is 2.05. The van der Waals surface area contributed by atoms with Crippen molar-refractivity contribution in [2.75, 3.05) is 13.1 Å². The minimum absolute atomic E-state index is 0.0576. The molecule has 0 aromatic heterocycles. The van der Waals surface area contributed by atoms with Crippen LogP contribution in [-0.2, 0) is 4.79 Å². The summed E-state index contributed by atoms with van der Waals surface area (Å²) in [5.74, 6) is -0.0576. The van der Waals surface area contributed by atoms with Crippen molar-refractivity contribution in [1.29, 1.82) is 0 Å². The molecular formula is C10H22N2O2. The molecule has 14 heavy (non-hydrogen) atoms. The lowest BCUT2D eigenvalue weighted by molar-refractivity contribution is -0.120. The molecule has 0 rings (SSSR count). The molecule has 2 atom stereocenters. The van der Waals surface area contributed by atoms with Crippen LogP contribution in [0.4, 0.5) is 0 Å². The number of aliphatic hydroxyl groups is 1. The molecule has 3 N–H and O–H groups in total. The number of hydrogen-bond acceptors (Lipinski definition) is 3. The maximum atomic E-state index is 11.2. The van der Waals surface area contributed by atoms with Crippen LogP contribution in [0.3, 0.4) is 0 Å². The Kier molecular flexibility index (Phi) is 7.42. The van der Waals surface area contributed by atoms with Gasteiger partial charge in [-0.25, -0.2) is 0 Å². The van der Waals surface area contributed by atoms with Gasteiger partial charge >= 0.3 is 0 Å². The molecule has 0 aliphatic heterocycles. The molecule has 0 saturated heterocycles. The van der Waals surface area contributed by atoms with E-state index in [9.17, 15) is 9.90 Å². The van der Waals surface area contributed by atoms with Gasteiger partial charge in [0.1, 0.15) is 0 Å². The van der Waals surface area contributed by atoms with Crippen molar-refractivity contribution < 1.29 is 9.90 Å². The normalized spacial score (nSPS) is 14.9. The molecule has 4 nitrogen and oxygen atoms in total. The number of amides is 1. The predicted octanol–water partition coefficient (Wildman–Crippen LogP) is 0.262. The summed E-state index contributed by atoms with van der Waals surface area (Å²) in [5, 5.41) is 14.9. The zero-order chi connectivity index (χ0) is 11.0. The molecular weight excluding hydrogens is 180 g/mol. The Morgan fingerprint density at radius 2 is 2.00 bits per heavy atom. The topological polar surface area (TPSA) is 61.4 Å². The maximum Gasteiger partial charge on any atom is 0.234 e. The van der Waals surface area contributed by atoms with Crippen LogP contribution >= 0.6 is 0 Å². The summed E-state index contributed by atoms with van der Waals surface area (Å²) < 4.78 is 0. The molecule has 0 saturated carbocycles. The monoisotopic (exact) mass is 202 g/mol. The molecule has 4 heteroatoms. The summed E-state index contributed by atoms with van der Waals surface area (Å²) in [5.41, 5.74) is 0. The Hall–Kier alpha value is -0.610. The van der Waals surface area contributed by atoms with Crippen LogP contribution in [0.15, 0.2) is 0 Å². The average molecular weight is 202 g/mol. The van der Waals surface area contributed by atoms with E-state index in [4.69, 9.17) is 0 Å². The first kappa shape index (κ1) is 13.4. The minimum atomic E-state index is -0.428. The van der Waals surface area contributed by atoms with Crippen LogP contribution < -0.4 is 10.6 Å². The summed E-state index contributed by atoms with van der Waals surface area (Å²) in [6.45, 7) is 6.65. The number of carbonyl (C=O) groups is 1. The highest BCUT2D eigenvalue weighted by atomic mass is 16.3. The first-order chi connectivity index (χ1) is 6.60. The molecule has 0 radical (unpaired) electrons. The number of nitrogens with one attached hydrogen (secondary N) is 2. The molecule has 0 heterocycles. The van der Waals surface area contributed by atoms with Crippen LogP contribution in [0.5, 0.6) is 0 Å². The number of hydrogen-bond donors (Lipinski definition) is 3. The highest BCUT2D eigenvalue weighted by Crippen LogP contribution is 1.87. The lowest BCUT2D eigenvalue weighted by atomic mass is 10.2. The van der Waals surface area contributed by atoms with Crippen molar-refractivity contribution >= 4 is 5.91 Å². The molecule has 0 spiro atoms. The minimum Gasteiger partial charge on any atom is -0.391 e. The van der Waals surface area contributed by atoms with Crippen molar-refractivity contribution in [3.63, 3.8) is 0 Å². The van der Waals surface area contributed by atoms with E-state index in [-0.39, 0.29) is 5.91 Å². The zero-order valence-electron chi connectivity index (χ0n) is 9.34. The second-order valence-electron chi connectivity index (χ2n) is 3.56. The highest BCUT2D eigenvalue weighted by molar-refractivity contribution is 5.78. The van der Waals surface area contributed by atoms with E-state index in [1.54, 1.807) is 0 Å². The summed E-state index contributed by atoms with van der Waals surface area (Å²) in [6.07, 6.45) is 1.24. The van der Waals surface area contributed by atoms with Gasteiger partial charge in [-0.3, -0.25) is 4.79 Å². The van der Waals surface area contributed by atoms with E-state index in [0.29, 0.717) is 25.6 Å². The second kappa shape index (κ2) is 7.76. The standard InChI is InChI=1S/C10H22N2O2/c1-4-8(3)11-7-10(14)12-6-9(13)5-2/h8-9,11,13H,4-7H2,1-3H3,(H,12,14). The van der Waals surface area contributed by atoms with Crippen LogP contribution in [0.25, 0.3) is 0 Å². The van der Waals surface area contributed by atoms with Crippen molar-refractivity contribution in [3.05, 3.63) is 0 Å². The Balaban J connectivity index is 3.46. The SMILES string of the molecule is CCC(O)CNC(=O)CNC(C)CC. The van der Waals surface area contributed by atoms with Gasteiger partial charge in [0.2, 0.25) is 5.91 Å². The van der Waals surface area contributed by atoms with Crippen molar-refractivity contribution in [3.8, 4) is 0 Å². The molecule has 0 aliphatic carbocycles. The van der Waals surface area contributed by atoms with E-state index in [2.05, 4.69) is 17.6 Å². The second-order valence-corrected chi connectivity index (χ2v) is 3.56. The first-order valence-electron chi connectivity index (χ1n) is 5.28. The fourth-order valence-corrected chi connectivity index (χ4v) is 0.850. The van der Waals surface area contributed by atoms with Crippen LogP contribution in [-0.4, -0.2) is 36.2 Å². The quantitative estimate of drug-likeness (QED) is 0.555. The van der Waals surface area contributed by atoms with E-state index in [1.165, 1.54) is 0 Å². The third-order valence-corrected chi connectivity index (χ3v) is 2.23. The Morgan fingerprint density at radius 3 is 2.50 bits per heavy atom. The number of carbonyl (C=O) groups excluding carboxylic acids is 1. The summed E-state index contributed by atoms with van der Waals surface area (Å²) in [6, 6.07) is 0.358. The molecule has 0 fully saturated rings. The molecule has 0 aromatic carbocycles. The van der Waals surface area contributed by atoms with E-state index in [1.807, 2.05) is 13.8 Å². The average Bonchev–Trinajstić information content (AvgIpc) is 2.22. The van der Waals surface area contributed by atoms with Crippen LogP contribution in [0.1, 0.15) is 33.6 Å². The predicted molar refractivity (Wildman–Crippen MR) is 57.1 cm³/mol. The third kappa shape index (κ3) is 6.86. The van der Waals surface area contributed by atoms with E-state index >= 15 is 0 Å². The van der Waals surface area contributed by atoms with Gasteiger partial charge in [-0.15, -0.1) is 0 Å². The lowest BCUT2D eigenvalue weighted by Crippen LogP contribution is -2.40. The van der Waals surface area contributed by atoms with Gasteiger partial charge in [0, 0.05) is 12.6 Å². The molecule has 0 aliphatic rings. The molecule has 0 aromatic rings. The van der Waals surface area contributed by atoms with Crippen molar-refractivity contribution in [1.82, 2.24) is 10.6 Å².